The number of amides is 1. The highest BCUT2D eigenvalue weighted by molar-refractivity contribution is 5.84. The van der Waals surface area contributed by atoms with E-state index < -0.39 is 12.0 Å². The number of carbonyl (C=O) groups excluding carboxylic acids is 2. The Morgan fingerprint density at radius 1 is 1.00 bits per heavy atom. The second-order valence-electron chi connectivity index (χ2n) is 15.8. The molecule has 0 heterocycles. The summed E-state index contributed by atoms with van der Waals surface area (Å²) in [5, 5.41) is 21.9. The van der Waals surface area contributed by atoms with Crippen molar-refractivity contribution in [3.8, 4) is 0 Å². The van der Waals surface area contributed by atoms with Gasteiger partial charge in [0.1, 0.15) is 6.04 Å². The van der Waals surface area contributed by atoms with Gasteiger partial charge in [0.05, 0.1) is 13.2 Å². The van der Waals surface area contributed by atoms with Gasteiger partial charge < -0.3 is 31.5 Å². The van der Waals surface area contributed by atoms with Crippen molar-refractivity contribution in [3.63, 3.8) is 0 Å². The Morgan fingerprint density at radius 2 is 1.74 bits per heavy atom. The minimum atomic E-state index is -0.680. The fraction of sp³-hybridized carbons (Fsp3) is 0.789. The summed E-state index contributed by atoms with van der Waals surface area (Å²) >= 11 is 0. The van der Waals surface area contributed by atoms with Crippen molar-refractivity contribution in [2.24, 2.45) is 52.1 Å². The smallest absolute Gasteiger partial charge is 0.328 e. The van der Waals surface area contributed by atoms with Gasteiger partial charge in [0.15, 0.2) is 0 Å². The number of aliphatic hydroxyl groups is 1. The number of ether oxygens (including phenoxy) is 1. The minimum absolute atomic E-state index is 0.0832. The Labute approximate surface area is 277 Å². The predicted octanol–water partition coefficient (Wildman–Crippen LogP) is 4.44. The van der Waals surface area contributed by atoms with Crippen molar-refractivity contribution < 1.29 is 19.4 Å². The molecule has 0 radical (unpaired) electrons. The number of hydrogen-bond acceptors (Lipinski definition) is 7. The van der Waals surface area contributed by atoms with E-state index in [4.69, 9.17) is 10.5 Å². The Hall–Kier alpha value is -2.00. The number of hydrogen-bond donors (Lipinski definition) is 5. The van der Waals surface area contributed by atoms with Crippen molar-refractivity contribution >= 4 is 11.9 Å². The van der Waals surface area contributed by atoms with Crippen molar-refractivity contribution in [2.45, 2.75) is 110 Å². The van der Waals surface area contributed by atoms with Crippen LogP contribution >= 0.6 is 0 Å². The standard InChI is InChI=1S/C38H62N4O4/c1-25(10-13-34(44)42-32(36(45)46-4)22-26-8-6-5-7-9-26)29-11-12-30-35-31(15-17-38(29,30)3)37(2)16-14-28(23-27(37)24-33(35)43)41-21-20-40-19-18-39/h5-9,25,27-33,35,40-41,43H,10-24,39H2,1-4H3,(H,42,44)/t25-,27+,28+,29-,30+,31+,32+,33-,35+,37+,38-/m1/s1. The van der Waals surface area contributed by atoms with E-state index >= 15 is 0 Å². The van der Waals surface area contributed by atoms with Crippen LogP contribution < -0.4 is 21.7 Å². The molecule has 4 saturated carbocycles. The average Bonchev–Trinajstić information content (AvgIpc) is 3.41. The maximum Gasteiger partial charge on any atom is 0.328 e. The van der Waals surface area contributed by atoms with E-state index in [0.29, 0.717) is 66.4 Å². The van der Waals surface area contributed by atoms with Gasteiger partial charge in [-0.1, -0.05) is 51.1 Å². The number of benzene rings is 1. The number of rotatable bonds is 14. The molecule has 0 aromatic heterocycles. The van der Waals surface area contributed by atoms with Gasteiger partial charge in [-0.3, -0.25) is 4.79 Å². The zero-order valence-corrected chi connectivity index (χ0v) is 28.9. The van der Waals surface area contributed by atoms with E-state index in [1.807, 2.05) is 30.3 Å². The second-order valence-corrected chi connectivity index (χ2v) is 15.8. The minimum Gasteiger partial charge on any atom is -0.467 e. The van der Waals surface area contributed by atoms with Gasteiger partial charge in [-0.2, -0.15) is 0 Å². The summed E-state index contributed by atoms with van der Waals surface area (Å²) in [5.41, 5.74) is 7.13. The zero-order chi connectivity index (χ0) is 32.9. The van der Waals surface area contributed by atoms with E-state index in [1.54, 1.807) is 0 Å². The number of fused-ring (bicyclic) bond motifs is 5. The maximum absolute atomic E-state index is 13.1. The molecule has 4 aliphatic rings. The van der Waals surface area contributed by atoms with Crippen LogP contribution in [0.3, 0.4) is 0 Å². The van der Waals surface area contributed by atoms with E-state index in [1.165, 1.54) is 52.1 Å². The van der Waals surface area contributed by atoms with Crippen LogP contribution in [0, 0.1) is 46.3 Å². The van der Waals surface area contributed by atoms with Crippen LogP contribution in [0.5, 0.6) is 0 Å². The third-order valence-electron chi connectivity index (χ3n) is 13.4. The number of methoxy groups -OCH3 is 1. The molecular formula is C38H62N4O4. The van der Waals surface area contributed by atoms with E-state index in [9.17, 15) is 14.7 Å². The molecule has 4 fully saturated rings. The molecule has 8 heteroatoms. The topological polar surface area (TPSA) is 126 Å². The number of esters is 1. The molecule has 1 aromatic rings. The first-order valence-corrected chi connectivity index (χ1v) is 18.3. The van der Waals surface area contributed by atoms with Crippen LogP contribution in [0.2, 0.25) is 0 Å². The quantitative estimate of drug-likeness (QED) is 0.151. The third kappa shape index (κ3) is 7.50. The van der Waals surface area contributed by atoms with Crippen LogP contribution in [0.4, 0.5) is 0 Å². The van der Waals surface area contributed by atoms with Crippen molar-refractivity contribution in [3.05, 3.63) is 35.9 Å². The highest BCUT2D eigenvalue weighted by atomic mass is 16.5. The van der Waals surface area contributed by atoms with Crippen molar-refractivity contribution in [1.29, 1.82) is 0 Å². The summed E-state index contributed by atoms with van der Waals surface area (Å²) in [4.78, 5) is 25.6. The molecule has 11 atom stereocenters. The largest absolute Gasteiger partial charge is 0.467 e. The first-order valence-electron chi connectivity index (χ1n) is 18.3. The normalized spacial score (nSPS) is 36.5. The lowest BCUT2D eigenvalue weighted by atomic mass is 9.43. The summed E-state index contributed by atoms with van der Waals surface area (Å²) in [7, 11) is 1.37. The molecule has 0 unspecified atom stereocenters. The molecule has 0 saturated heterocycles. The molecule has 5 rings (SSSR count). The molecule has 4 aliphatic carbocycles. The molecular weight excluding hydrogens is 576 g/mol. The van der Waals surface area contributed by atoms with Gasteiger partial charge >= 0.3 is 5.97 Å². The second kappa shape index (κ2) is 15.5. The number of nitrogens with one attached hydrogen (secondary N) is 3. The van der Waals surface area contributed by atoms with Crippen LogP contribution in [0.15, 0.2) is 30.3 Å². The summed E-state index contributed by atoms with van der Waals surface area (Å²) in [5.74, 6) is 2.61. The lowest BCUT2D eigenvalue weighted by molar-refractivity contribution is -0.167. The van der Waals surface area contributed by atoms with Gasteiger partial charge in [-0.25, -0.2) is 4.79 Å². The molecule has 0 spiro atoms. The molecule has 1 amide bonds. The summed E-state index contributed by atoms with van der Waals surface area (Å²) in [6, 6.07) is 9.62. The Balaban J connectivity index is 1.16. The van der Waals surface area contributed by atoms with E-state index in [2.05, 4.69) is 36.7 Å². The van der Waals surface area contributed by atoms with Crippen molar-refractivity contribution in [1.82, 2.24) is 16.0 Å². The van der Waals surface area contributed by atoms with Crippen LogP contribution in [-0.2, 0) is 20.7 Å². The molecule has 8 nitrogen and oxygen atoms in total. The fourth-order valence-electron chi connectivity index (χ4n) is 11.0. The first-order chi connectivity index (χ1) is 22.1. The van der Waals surface area contributed by atoms with E-state index in [0.717, 1.165) is 38.0 Å². The van der Waals surface area contributed by atoms with Crippen LogP contribution in [0.25, 0.3) is 0 Å². The molecule has 258 valence electrons. The van der Waals surface area contributed by atoms with Gasteiger partial charge in [0, 0.05) is 45.1 Å². The monoisotopic (exact) mass is 638 g/mol. The Bertz CT molecular complexity index is 1150. The van der Waals surface area contributed by atoms with Gasteiger partial charge in [-0.05, 0) is 110 Å². The fourth-order valence-corrected chi connectivity index (χ4v) is 11.0. The lowest BCUT2D eigenvalue weighted by Gasteiger charge is -2.62. The maximum atomic E-state index is 13.1. The van der Waals surface area contributed by atoms with Crippen molar-refractivity contribution in [2.75, 3.05) is 33.3 Å². The third-order valence-corrected chi connectivity index (χ3v) is 13.4. The molecule has 46 heavy (non-hydrogen) atoms. The average molecular weight is 639 g/mol. The number of carbonyl (C=O) groups is 2. The van der Waals surface area contributed by atoms with Gasteiger partial charge in [-0.15, -0.1) is 0 Å². The Morgan fingerprint density at radius 3 is 2.48 bits per heavy atom. The molecule has 0 aliphatic heterocycles. The van der Waals surface area contributed by atoms with Crippen LogP contribution in [0.1, 0.15) is 90.5 Å². The lowest BCUT2D eigenvalue weighted by Crippen LogP contribution is -2.59. The predicted molar refractivity (Wildman–Crippen MR) is 183 cm³/mol. The van der Waals surface area contributed by atoms with E-state index in [-0.39, 0.29) is 17.4 Å². The molecule has 1 aromatic carbocycles. The summed E-state index contributed by atoms with van der Waals surface area (Å²) in [6.45, 7) is 10.9. The van der Waals surface area contributed by atoms with Crippen LogP contribution in [-0.4, -0.2) is 68.5 Å². The number of aliphatic hydroxyl groups excluding tert-OH is 1. The summed E-state index contributed by atoms with van der Waals surface area (Å²) < 4.78 is 5.01. The zero-order valence-electron chi connectivity index (χ0n) is 28.9. The van der Waals surface area contributed by atoms with Gasteiger partial charge in [0.2, 0.25) is 5.91 Å². The number of nitrogens with two attached hydrogens (primary N) is 1. The highest BCUT2D eigenvalue weighted by Crippen LogP contribution is 2.68. The highest BCUT2D eigenvalue weighted by Gasteiger charge is 2.62. The SMILES string of the molecule is COC(=O)[C@H](Cc1ccccc1)NC(=O)CC[C@@H](C)[C@H]1CC[C@H]2[C@@H]3[C@H](O)C[C@@H]4C[C@@H](NCCNCCN)CC[C@]4(C)[C@H]3CC[C@]12C. The molecule has 6 N–H and O–H groups in total. The summed E-state index contributed by atoms with van der Waals surface area (Å²) in [6.07, 6.45) is 10.9. The molecule has 0 bridgehead atoms. The first kappa shape index (κ1) is 35.3. The van der Waals surface area contributed by atoms with Gasteiger partial charge in [0.25, 0.3) is 0 Å². The Kier molecular flexibility index (Phi) is 11.9.